The molecular formula is C16H21N3O5S2. The molecule has 1 aromatic carbocycles. The van der Waals surface area contributed by atoms with Gasteiger partial charge in [-0.3, -0.25) is 4.72 Å². The van der Waals surface area contributed by atoms with E-state index in [0.717, 1.165) is 6.42 Å². The van der Waals surface area contributed by atoms with Gasteiger partial charge < -0.3 is 4.52 Å². The summed E-state index contributed by atoms with van der Waals surface area (Å²) in [5, 5.41) is 3.49. The quantitative estimate of drug-likeness (QED) is 0.825. The highest BCUT2D eigenvalue weighted by Crippen LogP contribution is 2.27. The molecule has 1 saturated heterocycles. The Morgan fingerprint density at radius 2 is 1.58 bits per heavy atom. The number of hydrogen-bond donors (Lipinski definition) is 1. The van der Waals surface area contributed by atoms with Gasteiger partial charge >= 0.3 is 0 Å². The van der Waals surface area contributed by atoms with Crippen molar-refractivity contribution in [1.29, 1.82) is 0 Å². The van der Waals surface area contributed by atoms with Gasteiger partial charge in [0.15, 0.2) is 5.82 Å². The van der Waals surface area contributed by atoms with E-state index in [4.69, 9.17) is 0 Å². The van der Waals surface area contributed by atoms with Gasteiger partial charge in [-0.15, -0.1) is 0 Å². The van der Waals surface area contributed by atoms with Crippen LogP contribution >= 0.6 is 0 Å². The fourth-order valence-electron chi connectivity index (χ4n) is 3.20. The van der Waals surface area contributed by atoms with Crippen molar-refractivity contribution in [2.75, 3.05) is 17.8 Å². The first-order chi connectivity index (χ1) is 12.2. The van der Waals surface area contributed by atoms with Gasteiger partial charge in [0.05, 0.1) is 9.79 Å². The number of benzene rings is 1. The summed E-state index contributed by atoms with van der Waals surface area (Å²) in [5.41, 5.74) is 0. The molecule has 2 heterocycles. The van der Waals surface area contributed by atoms with Crippen LogP contribution in [-0.2, 0) is 20.0 Å². The molecule has 0 radical (unpaired) electrons. The third-order valence-electron chi connectivity index (χ3n) is 4.28. The van der Waals surface area contributed by atoms with E-state index in [1.807, 2.05) is 13.8 Å². The lowest BCUT2D eigenvalue weighted by Crippen LogP contribution is -2.42. The third-order valence-corrected chi connectivity index (χ3v) is 7.50. The molecule has 1 fully saturated rings. The van der Waals surface area contributed by atoms with Crippen LogP contribution in [0.15, 0.2) is 50.9 Å². The molecule has 0 unspecified atom stereocenters. The summed E-state index contributed by atoms with van der Waals surface area (Å²) in [7, 11) is -7.52. The van der Waals surface area contributed by atoms with Gasteiger partial charge in [0.2, 0.25) is 10.0 Å². The van der Waals surface area contributed by atoms with Gasteiger partial charge in [-0.1, -0.05) is 19.0 Å². The molecule has 1 aliphatic rings. The molecular weight excluding hydrogens is 378 g/mol. The first-order valence-electron chi connectivity index (χ1n) is 8.22. The number of rotatable bonds is 5. The number of sulfonamides is 2. The summed E-state index contributed by atoms with van der Waals surface area (Å²) in [5.74, 6) is 0.637. The molecule has 0 saturated carbocycles. The van der Waals surface area contributed by atoms with Gasteiger partial charge in [-0.2, -0.15) is 4.31 Å². The molecule has 8 nitrogen and oxygen atoms in total. The van der Waals surface area contributed by atoms with Crippen LogP contribution in [0, 0.1) is 11.8 Å². The molecule has 10 heteroatoms. The zero-order valence-corrected chi connectivity index (χ0v) is 16.1. The van der Waals surface area contributed by atoms with Crippen molar-refractivity contribution in [3.63, 3.8) is 0 Å². The summed E-state index contributed by atoms with van der Waals surface area (Å²) in [6, 6.07) is 6.54. The van der Waals surface area contributed by atoms with Gasteiger partial charge in [0.25, 0.3) is 10.0 Å². The van der Waals surface area contributed by atoms with Crippen molar-refractivity contribution < 1.29 is 21.4 Å². The molecule has 0 aliphatic carbocycles. The van der Waals surface area contributed by atoms with E-state index in [9.17, 15) is 16.8 Å². The summed E-state index contributed by atoms with van der Waals surface area (Å²) in [6.45, 7) is 5.01. The number of piperidine rings is 1. The van der Waals surface area contributed by atoms with E-state index in [1.54, 1.807) is 0 Å². The third kappa shape index (κ3) is 3.92. The van der Waals surface area contributed by atoms with Crippen LogP contribution in [0.5, 0.6) is 0 Å². The Morgan fingerprint density at radius 1 is 1.00 bits per heavy atom. The minimum atomic E-state index is -3.87. The maximum absolute atomic E-state index is 12.8. The first-order valence-corrected chi connectivity index (χ1v) is 11.1. The molecule has 142 valence electrons. The Kier molecular flexibility index (Phi) is 5.09. The van der Waals surface area contributed by atoms with Crippen LogP contribution in [0.25, 0.3) is 0 Å². The maximum atomic E-state index is 12.8. The largest absolute Gasteiger partial charge is 0.363 e. The molecule has 1 N–H and O–H groups in total. The zero-order chi connectivity index (χ0) is 18.9. The average molecular weight is 399 g/mol. The van der Waals surface area contributed by atoms with Crippen molar-refractivity contribution in [2.45, 2.75) is 30.1 Å². The molecule has 1 aliphatic heterocycles. The number of nitrogens with one attached hydrogen (secondary N) is 1. The summed E-state index contributed by atoms with van der Waals surface area (Å²) in [4.78, 5) is 0.0269. The minimum absolute atomic E-state index is 0.0537. The SMILES string of the molecule is C[C@@H]1C[C@H](C)CN(S(=O)(=O)c2ccc(S(=O)(=O)Nc3ccon3)cc2)C1. The van der Waals surface area contributed by atoms with Crippen molar-refractivity contribution >= 4 is 25.9 Å². The maximum Gasteiger partial charge on any atom is 0.263 e. The fourth-order valence-corrected chi connectivity index (χ4v) is 5.88. The highest BCUT2D eigenvalue weighted by atomic mass is 32.2. The highest BCUT2D eigenvalue weighted by Gasteiger charge is 2.31. The lowest BCUT2D eigenvalue weighted by molar-refractivity contribution is 0.222. The zero-order valence-electron chi connectivity index (χ0n) is 14.5. The fraction of sp³-hybridized carbons (Fsp3) is 0.438. The van der Waals surface area contributed by atoms with Crippen LogP contribution in [-0.4, -0.2) is 39.4 Å². The van der Waals surface area contributed by atoms with Gasteiger partial charge in [0.1, 0.15) is 6.26 Å². The van der Waals surface area contributed by atoms with E-state index in [1.165, 1.54) is 40.9 Å². The lowest BCUT2D eigenvalue weighted by Gasteiger charge is -2.34. The molecule has 2 aromatic rings. The molecule has 0 bridgehead atoms. The molecule has 2 atom stereocenters. The van der Waals surface area contributed by atoms with E-state index >= 15 is 0 Å². The Labute approximate surface area is 153 Å². The van der Waals surface area contributed by atoms with Crippen molar-refractivity contribution in [2.24, 2.45) is 11.8 Å². The number of nitrogens with zero attached hydrogens (tertiary/aromatic N) is 2. The van der Waals surface area contributed by atoms with Crippen molar-refractivity contribution in [1.82, 2.24) is 9.46 Å². The first kappa shape index (κ1) is 18.9. The van der Waals surface area contributed by atoms with Gasteiger partial charge in [-0.25, -0.2) is 16.8 Å². The van der Waals surface area contributed by atoms with Crippen molar-refractivity contribution in [3.8, 4) is 0 Å². The summed E-state index contributed by atoms with van der Waals surface area (Å²) < 4.78 is 58.6. The Bertz CT molecular complexity index is 944. The molecule has 0 amide bonds. The second-order valence-corrected chi connectivity index (χ2v) is 10.3. The van der Waals surface area contributed by atoms with E-state index in [2.05, 4.69) is 14.4 Å². The standard InChI is InChI=1S/C16H21N3O5S2/c1-12-9-13(2)11-19(10-12)26(22,23)15-5-3-14(4-6-15)25(20,21)18-16-7-8-24-17-16/h3-8,12-13H,9-11H2,1-2H3,(H,17,18)/t12-,13+. The Morgan fingerprint density at radius 3 is 2.12 bits per heavy atom. The second-order valence-electron chi connectivity index (χ2n) is 6.73. The Balaban J connectivity index is 1.82. The average Bonchev–Trinajstić information content (AvgIpc) is 3.06. The minimum Gasteiger partial charge on any atom is -0.363 e. The van der Waals surface area contributed by atoms with Crippen molar-refractivity contribution in [3.05, 3.63) is 36.6 Å². The lowest BCUT2D eigenvalue weighted by atomic mass is 9.94. The van der Waals surface area contributed by atoms with Gasteiger partial charge in [0, 0.05) is 19.2 Å². The summed E-state index contributed by atoms with van der Waals surface area (Å²) >= 11 is 0. The number of aromatic nitrogens is 1. The molecule has 26 heavy (non-hydrogen) atoms. The predicted octanol–water partition coefficient (Wildman–Crippen LogP) is 2.14. The smallest absolute Gasteiger partial charge is 0.263 e. The van der Waals surface area contributed by atoms with E-state index in [-0.39, 0.29) is 15.6 Å². The summed E-state index contributed by atoms with van der Waals surface area (Å²) in [6.07, 6.45) is 2.24. The Hall–Kier alpha value is -1.91. The number of hydrogen-bond acceptors (Lipinski definition) is 6. The molecule has 0 spiro atoms. The van der Waals surface area contributed by atoms with E-state index < -0.39 is 20.0 Å². The highest BCUT2D eigenvalue weighted by molar-refractivity contribution is 7.92. The van der Waals surface area contributed by atoms with Crippen LogP contribution < -0.4 is 4.72 Å². The van der Waals surface area contributed by atoms with E-state index in [0.29, 0.717) is 24.9 Å². The second kappa shape index (κ2) is 7.01. The van der Waals surface area contributed by atoms with Crippen LogP contribution in [0.2, 0.25) is 0 Å². The normalized spacial score (nSPS) is 22.2. The monoisotopic (exact) mass is 399 g/mol. The van der Waals surface area contributed by atoms with Crippen LogP contribution in [0.3, 0.4) is 0 Å². The predicted molar refractivity (Wildman–Crippen MR) is 95.5 cm³/mol. The molecule has 3 rings (SSSR count). The van der Waals surface area contributed by atoms with Crippen LogP contribution in [0.4, 0.5) is 5.82 Å². The number of anilines is 1. The topological polar surface area (TPSA) is 110 Å². The van der Waals surface area contributed by atoms with Crippen LogP contribution in [0.1, 0.15) is 20.3 Å². The van der Waals surface area contributed by atoms with Gasteiger partial charge in [-0.05, 0) is 42.5 Å². The molecule has 1 aromatic heterocycles.